The van der Waals surface area contributed by atoms with Gasteiger partial charge in [0.15, 0.2) is 0 Å². The van der Waals surface area contributed by atoms with E-state index in [4.69, 9.17) is 5.73 Å². The molecule has 1 heterocycles. The first-order valence-electron chi connectivity index (χ1n) is 4.52. The Labute approximate surface area is 92.2 Å². The van der Waals surface area contributed by atoms with Crippen LogP contribution in [0.3, 0.4) is 0 Å². The lowest BCUT2D eigenvalue weighted by atomic mass is 10.3. The topological polar surface area (TPSA) is 29.3 Å². The first-order valence-corrected chi connectivity index (χ1v) is 5.59. The van der Waals surface area contributed by atoms with Crippen molar-refractivity contribution in [2.24, 2.45) is 5.73 Å². The van der Waals surface area contributed by atoms with Gasteiger partial charge in [0.1, 0.15) is 0 Å². The van der Waals surface area contributed by atoms with Gasteiger partial charge in [-0.05, 0) is 53.3 Å². The van der Waals surface area contributed by atoms with Crippen molar-refractivity contribution in [3.8, 4) is 0 Å². The number of nitrogens with zero attached hydrogens (tertiary/aromatic N) is 1. The van der Waals surface area contributed by atoms with Gasteiger partial charge in [0.05, 0.1) is 0 Å². The van der Waals surface area contributed by atoms with E-state index >= 15 is 0 Å². The Morgan fingerprint density at radius 2 is 2.00 bits per heavy atom. The maximum Gasteiger partial charge on any atom is 0.0367 e. The van der Waals surface area contributed by atoms with Crippen LogP contribution in [0.5, 0.6) is 0 Å². The summed E-state index contributed by atoms with van der Waals surface area (Å²) in [6.07, 6.45) is 1.12. The highest BCUT2D eigenvalue weighted by molar-refractivity contribution is 14.1. The number of hydrogen-bond donors (Lipinski definition) is 1. The van der Waals surface area contributed by atoms with Crippen molar-refractivity contribution in [2.75, 3.05) is 18.0 Å². The molecule has 1 aliphatic rings. The molecule has 1 aromatic rings. The summed E-state index contributed by atoms with van der Waals surface area (Å²) in [4.78, 5) is 2.35. The summed E-state index contributed by atoms with van der Waals surface area (Å²) < 4.78 is 1.28. The van der Waals surface area contributed by atoms with Gasteiger partial charge in [-0.15, -0.1) is 0 Å². The highest BCUT2D eigenvalue weighted by atomic mass is 127. The van der Waals surface area contributed by atoms with Crippen molar-refractivity contribution in [1.82, 2.24) is 0 Å². The lowest BCUT2D eigenvalue weighted by molar-refractivity contribution is 0.752. The number of benzene rings is 1. The third-order valence-corrected chi connectivity index (χ3v) is 3.14. The van der Waals surface area contributed by atoms with Crippen LogP contribution in [0.4, 0.5) is 5.69 Å². The van der Waals surface area contributed by atoms with E-state index in [1.807, 2.05) is 0 Å². The summed E-state index contributed by atoms with van der Waals surface area (Å²) in [5.41, 5.74) is 7.15. The van der Waals surface area contributed by atoms with Crippen molar-refractivity contribution in [3.63, 3.8) is 0 Å². The molecule has 1 saturated heterocycles. The first kappa shape index (κ1) is 9.27. The molecule has 2 N–H and O–H groups in total. The number of hydrogen-bond acceptors (Lipinski definition) is 2. The smallest absolute Gasteiger partial charge is 0.0367 e. The van der Waals surface area contributed by atoms with Gasteiger partial charge >= 0.3 is 0 Å². The van der Waals surface area contributed by atoms with E-state index in [0.29, 0.717) is 6.04 Å². The first-order chi connectivity index (χ1) is 6.25. The second kappa shape index (κ2) is 3.84. The average molecular weight is 288 g/mol. The highest BCUT2D eigenvalue weighted by Gasteiger charge is 2.18. The second-order valence-corrected chi connectivity index (χ2v) is 4.72. The molecule has 70 valence electrons. The molecule has 0 spiro atoms. The largest absolute Gasteiger partial charge is 0.370 e. The molecule has 1 aromatic carbocycles. The molecule has 3 heteroatoms. The molecular weight excluding hydrogens is 275 g/mol. The van der Waals surface area contributed by atoms with E-state index in [2.05, 4.69) is 51.8 Å². The van der Waals surface area contributed by atoms with Gasteiger partial charge in [0, 0.05) is 28.4 Å². The Balaban J connectivity index is 2.13. The molecule has 0 amide bonds. The third-order valence-electron chi connectivity index (χ3n) is 2.42. The molecule has 0 aromatic heterocycles. The summed E-state index contributed by atoms with van der Waals surface area (Å²) in [5.74, 6) is 0. The standard InChI is InChI=1S/C10H13IN2/c11-8-1-3-10(4-2-8)13-6-5-9(12)7-13/h1-4,9H,5-7,12H2/t9-/m1/s1. The molecule has 0 radical (unpaired) electrons. The quantitative estimate of drug-likeness (QED) is 0.799. The van der Waals surface area contributed by atoms with Crippen LogP contribution in [0.15, 0.2) is 24.3 Å². The molecule has 13 heavy (non-hydrogen) atoms. The van der Waals surface area contributed by atoms with Crippen molar-refractivity contribution in [1.29, 1.82) is 0 Å². The Bertz CT molecular complexity index is 283. The normalized spacial score (nSPS) is 22.3. The summed E-state index contributed by atoms with van der Waals surface area (Å²) in [6, 6.07) is 8.97. The third kappa shape index (κ3) is 2.14. The Morgan fingerprint density at radius 3 is 2.54 bits per heavy atom. The van der Waals surface area contributed by atoms with Crippen LogP contribution in [0.25, 0.3) is 0 Å². The molecule has 1 fully saturated rings. The average Bonchev–Trinajstić information content (AvgIpc) is 2.53. The molecule has 1 aliphatic heterocycles. The van der Waals surface area contributed by atoms with Gasteiger partial charge < -0.3 is 10.6 Å². The van der Waals surface area contributed by atoms with Crippen molar-refractivity contribution in [3.05, 3.63) is 27.8 Å². The number of nitrogens with two attached hydrogens (primary N) is 1. The molecule has 0 unspecified atom stereocenters. The molecular formula is C10H13IN2. The maximum absolute atomic E-state index is 5.85. The predicted octanol–water partition coefficient (Wildman–Crippen LogP) is 1.83. The highest BCUT2D eigenvalue weighted by Crippen LogP contribution is 2.20. The van der Waals surface area contributed by atoms with E-state index in [-0.39, 0.29) is 0 Å². The van der Waals surface area contributed by atoms with Gasteiger partial charge in [-0.1, -0.05) is 0 Å². The molecule has 2 nitrogen and oxygen atoms in total. The van der Waals surface area contributed by atoms with Crippen LogP contribution in [0.1, 0.15) is 6.42 Å². The molecule has 2 rings (SSSR count). The predicted molar refractivity (Wildman–Crippen MR) is 64.0 cm³/mol. The van der Waals surface area contributed by atoms with Crippen molar-refractivity contribution >= 4 is 28.3 Å². The van der Waals surface area contributed by atoms with E-state index < -0.39 is 0 Å². The van der Waals surface area contributed by atoms with Crippen LogP contribution < -0.4 is 10.6 Å². The number of anilines is 1. The zero-order chi connectivity index (χ0) is 9.26. The lowest BCUT2D eigenvalue weighted by Crippen LogP contribution is -2.26. The monoisotopic (exact) mass is 288 g/mol. The molecule has 0 saturated carbocycles. The zero-order valence-electron chi connectivity index (χ0n) is 7.41. The van der Waals surface area contributed by atoms with E-state index in [9.17, 15) is 0 Å². The van der Waals surface area contributed by atoms with E-state index in [0.717, 1.165) is 19.5 Å². The van der Waals surface area contributed by atoms with Gasteiger partial charge in [-0.2, -0.15) is 0 Å². The molecule has 0 aliphatic carbocycles. The Kier molecular flexibility index (Phi) is 2.74. The Hall–Kier alpha value is -0.290. The van der Waals surface area contributed by atoms with E-state index in [1.54, 1.807) is 0 Å². The van der Waals surface area contributed by atoms with Crippen LogP contribution in [-0.2, 0) is 0 Å². The number of rotatable bonds is 1. The summed E-state index contributed by atoms with van der Waals surface area (Å²) >= 11 is 2.32. The van der Waals surface area contributed by atoms with Gasteiger partial charge in [0.25, 0.3) is 0 Å². The second-order valence-electron chi connectivity index (χ2n) is 3.47. The SMILES string of the molecule is N[C@@H]1CCN(c2ccc(I)cc2)C1. The molecule has 1 atom stereocenters. The van der Waals surface area contributed by atoms with Crippen LogP contribution in [0.2, 0.25) is 0 Å². The van der Waals surface area contributed by atoms with Gasteiger partial charge in [0.2, 0.25) is 0 Å². The van der Waals surface area contributed by atoms with Crippen LogP contribution in [0, 0.1) is 3.57 Å². The minimum atomic E-state index is 0.360. The minimum Gasteiger partial charge on any atom is -0.370 e. The summed E-state index contributed by atoms with van der Waals surface area (Å²) in [6.45, 7) is 2.10. The minimum absolute atomic E-state index is 0.360. The summed E-state index contributed by atoms with van der Waals surface area (Å²) in [7, 11) is 0. The molecule has 0 bridgehead atoms. The maximum atomic E-state index is 5.85. The Morgan fingerprint density at radius 1 is 1.31 bits per heavy atom. The zero-order valence-corrected chi connectivity index (χ0v) is 9.57. The van der Waals surface area contributed by atoms with Gasteiger partial charge in [-0.3, -0.25) is 0 Å². The van der Waals surface area contributed by atoms with Crippen LogP contribution >= 0.6 is 22.6 Å². The van der Waals surface area contributed by atoms with E-state index in [1.165, 1.54) is 9.26 Å². The van der Waals surface area contributed by atoms with Crippen LogP contribution in [-0.4, -0.2) is 19.1 Å². The fourth-order valence-electron chi connectivity index (χ4n) is 1.67. The lowest BCUT2D eigenvalue weighted by Gasteiger charge is -2.17. The van der Waals surface area contributed by atoms with Gasteiger partial charge in [-0.25, -0.2) is 0 Å². The fraction of sp³-hybridized carbons (Fsp3) is 0.400. The number of halogens is 1. The summed E-state index contributed by atoms with van der Waals surface area (Å²) in [5, 5.41) is 0. The fourth-order valence-corrected chi connectivity index (χ4v) is 2.03. The van der Waals surface area contributed by atoms with Crippen molar-refractivity contribution < 1.29 is 0 Å². The van der Waals surface area contributed by atoms with Crippen molar-refractivity contribution in [2.45, 2.75) is 12.5 Å².